The van der Waals surface area contributed by atoms with Crippen LogP contribution in [0, 0.1) is 11.3 Å². The first kappa shape index (κ1) is 14.9. The molecule has 1 spiro atoms. The van der Waals surface area contributed by atoms with Crippen molar-refractivity contribution in [3.63, 3.8) is 0 Å². The van der Waals surface area contributed by atoms with Crippen LogP contribution in [-0.2, 0) is 11.1 Å². The number of nitrogens with zero attached hydrogens (tertiary/aromatic N) is 2. The van der Waals surface area contributed by atoms with E-state index in [0.717, 1.165) is 44.6 Å². The Morgan fingerprint density at radius 2 is 2.14 bits per heavy atom. The summed E-state index contributed by atoms with van der Waals surface area (Å²) in [5.41, 5.74) is 0.392. The Labute approximate surface area is 127 Å². The molecule has 116 valence electrons. The monoisotopic (exact) mass is 309 g/mol. The molecule has 1 aliphatic carbocycles. The predicted molar refractivity (Wildman–Crippen MR) is 79.7 cm³/mol. The number of aliphatic hydroxyl groups is 1. The van der Waals surface area contributed by atoms with Gasteiger partial charge in [0.05, 0.1) is 0 Å². The van der Waals surface area contributed by atoms with Gasteiger partial charge in [0.25, 0.3) is 0 Å². The molecule has 0 aromatic carbocycles. The Morgan fingerprint density at radius 3 is 2.76 bits per heavy atom. The van der Waals surface area contributed by atoms with Gasteiger partial charge >= 0.3 is 0 Å². The van der Waals surface area contributed by atoms with Crippen molar-refractivity contribution < 1.29 is 13.9 Å². The van der Waals surface area contributed by atoms with Crippen LogP contribution in [0.2, 0.25) is 0 Å². The Hall–Kier alpha value is -0.980. The van der Waals surface area contributed by atoms with E-state index in [1.165, 1.54) is 12.5 Å². The highest BCUT2D eigenvalue weighted by Crippen LogP contribution is 2.49. The van der Waals surface area contributed by atoms with Gasteiger partial charge in [-0.2, -0.15) is 0 Å². The summed E-state index contributed by atoms with van der Waals surface area (Å²) >= 11 is -2.27. The SMILES string of the molecule is O=S([O-])c1cccc(N2CCC3(CCC(CO)C3)CC2)n1. The third-order valence-electron chi connectivity index (χ3n) is 5.09. The Bertz CT molecular complexity index is 529. The van der Waals surface area contributed by atoms with Crippen LogP contribution in [0.15, 0.2) is 23.2 Å². The summed E-state index contributed by atoms with van der Waals surface area (Å²) in [4.78, 5) is 6.39. The Balaban J connectivity index is 1.66. The highest BCUT2D eigenvalue weighted by Gasteiger charge is 2.41. The first-order valence-electron chi connectivity index (χ1n) is 7.54. The van der Waals surface area contributed by atoms with Crippen molar-refractivity contribution in [2.45, 2.75) is 37.1 Å². The molecule has 1 aliphatic heterocycles. The van der Waals surface area contributed by atoms with Crippen molar-refractivity contribution in [2.75, 3.05) is 24.6 Å². The topological polar surface area (TPSA) is 76.5 Å². The molecular formula is C15H21N2O3S-. The maximum Gasteiger partial charge on any atom is 0.129 e. The van der Waals surface area contributed by atoms with Crippen LogP contribution in [0.4, 0.5) is 5.82 Å². The van der Waals surface area contributed by atoms with Crippen LogP contribution in [0.1, 0.15) is 32.1 Å². The zero-order valence-electron chi connectivity index (χ0n) is 12.0. The van der Waals surface area contributed by atoms with E-state index in [9.17, 15) is 13.9 Å². The minimum Gasteiger partial charge on any atom is -0.767 e. The molecule has 0 bridgehead atoms. The maximum atomic E-state index is 11.0. The highest BCUT2D eigenvalue weighted by molar-refractivity contribution is 7.79. The van der Waals surface area contributed by atoms with E-state index in [0.29, 0.717) is 17.9 Å². The first-order chi connectivity index (χ1) is 10.1. The fourth-order valence-electron chi connectivity index (χ4n) is 3.82. The van der Waals surface area contributed by atoms with Crippen LogP contribution in [0.25, 0.3) is 0 Å². The maximum absolute atomic E-state index is 11.0. The van der Waals surface area contributed by atoms with E-state index in [2.05, 4.69) is 9.88 Å². The Kier molecular flexibility index (Phi) is 4.28. The molecule has 3 rings (SSSR count). The molecule has 0 amide bonds. The second-order valence-corrected chi connectivity index (χ2v) is 7.23. The van der Waals surface area contributed by atoms with Gasteiger partial charge in [-0.15, -0.1) is 0 Å². The lowest BCUT2D eigenvalue weighted by molar-refractivity contribution is 0.184. The van der Waals surface area contributed by atoms with Gasteiger partial charge in [0.2, 0.25) is 0 Å². The third-order valence-corrected chi connectivity index (χ3v) is 5.66. The summed E-state index contributed by atoms with van der Waals surface area (Å²) in [5.74, 6) is 1.23. The van der Waals surface area contributed by atoms with Gasteiger partial charge in [-0.25, -0.2) is 4.98 Å². The van der Waals surface area contributed by atoms with E-state index >= 15 is 0 Å². The average molecular weight is 309 g/mol. The molecule has 2 aliphatic rings. The zero-order chi connectivity index (χ0) is 14.9. The second-order valence-electron chi connectivity index (χ2n) is 6.35. The first-order valence-corrected chi connectivity index (χ1v) is 8.61. The second kappa shape index (κ2) is 6.02. The molecule has 21 heavy (non-hydrogen) atoms. The predicted octanol–water partition coefficient (Wildman–Crippen LogP) is 1.70. The summed E-state index contributed by atoms with van der Waals surface area (Å²) in [6, 6.07) is 5.13. The molecular weight excluding hydrogens is 288 g/mol. The number of pyridine rings is 1. The number of hydrogen-bond acceptors (Lipinski definition) is 5. The molecule has 2 atom stereocenters. The van der Waals surface area contributed by atoms with Crippen LogP contribution in [0.5, 0.6) is 0 Å². The van der Waals surface area contributed by atoms with Gasteiger partial charge in [-0.3, -0.25) is 4.21 Å². The van der Waals surface area contributed by atoms with Crippen molar-refractivity contribution in [3.8, 4) is 0 Å². The lowest BCUT2D eigenvalue weighted by atomic mass is 9.76. The minimum absolute atomic E-state index is 0.106. The molecule has 2 unspecified atom stereocenters. The minimum atomic E-state index is -2.27. The number of piperidine rings is 1. The number of aliphatic hydroxyl groups excluding tert-OH is 1. The van der Waals surface area contributed by atoms with Crippen LogP contribution in [-0.4, -0.2) is 38.5 Å². The zero-order valence-corrected chi connectivity index (χ0v) is 12.8. The van der Waals surface area contributed by atoms with Crippen LogP contribution in [0.3, 0.4) is 0 Å². The van der Waals surface area contributed by atoms with Gasteiger partial charge < -0.3 is 14.6 Å². The van der Waals surface area contributed by atoms with Crippen molar-refractivity contribution in [1.29, 1.82) is 0 Å². The molecule has 0 radical (unpaired) electrons. The summed E-state index contributed by atoms with van der Waals surface area (Å²) in [7, 11) is 0. The van der Waals surface area contributed by atoms with E-state index < -0.39 is 11.1 Å². The van der Waals surface area contributed by atoms with E-state index in [4.69, 9.17) is 0 Å². The van der Waals surface area contributed by atoms with E-state index in [1.807, 2.05) is 6.07 Å². The molecule has 1 saturated heterocycles. The fraction of sp³-hybridized carbons (Fsp3) is 0.667. The Morgan fingerprint density at radius 1 is 1.38 bits per heavy atom. The van der Waals surface area contributed by atoms with Gasteiger partial charge in [-0.1, -0.05) is 6.07 Å². The average Bonchev–Trinajstić information content (AvgIpc) is 2.91. The summed E-state index contributed by atoms with van der Waals surface area (Å²) in [6.07, 6.45) is 5.70. The van der Waals surface area contributed by atoms with Gasteiger partial charge in [0, 0.05) is 19.7 Å². The largest absolute Gasteiger partial charge is 0.767 e. The van der Waals surface area contributed by atoms with Crippen molar-refractivity contribution in [3.05, 3.63) is 18.2 Å². The quantitative estimate of drug-likeness (QED) is 0.860. The molecule has 1 aromatic heterocycles. The van der Waals surface area contributed by atoms with Gasteiger partial charge in [0.15, 0.2) is 0 Å². The normalized spacial score (nSPS) is 26.2. The molecule has 1 aromatic rings. The highest BCUT2D eigenvalue weighted by atomic mass is 32.2. The van der Waals surface area contributed by atoms with E-state index in [-0.39, 0.29) is 5.03 Å². The number of hydrogen-bond donors (Lipinski definition) is 1. The van der Waals surface area contributed by atoms with Crippen LogP contribution < -0.4 is 4.90 Å². The van der Waals surface area contributed by atoms with Crippen LogP contribution >= 0.6 is 0 Å². The summed E-state index contributed by atoms with van der Waals surface area (Å²) in [6.45, 7) is 2.14. The lowest BCUT2D eigenvalue weighted by Crippen LogP contribution is -2.39. The number of aromatic nitrogens is 1. The summed E-state index contributed by atoms with van der Waals surface area (Å²) in [5, 5.41) is 9.42. The number of anilines is 1. The lowest BCUT2D eigenvalue weighted by Gasteiger charge is -2.40. The molecule has 6 heteroatoms. The third kappa shape index (κ3) is 3.12. The molecule has 2 heterocycles. The number of rotatable bonds is 3. The fourth-order valence-corrected chi connectivity index (χ4v) is 4.18. The molecule has 5 nitrogen and oxygen atoms in total. The molecule has 1 N–H and O–H groups in total. The molecule has 2 fully saturated rings. The van der Waals surface area contributed by atoms with Gasteiger partial charge in [-0.05, 0) is 66.7 Å². The molecule has 1 saturated carbocycles. The standard InChI is InChI=1S/C15H22N2O3S/c18-11-12-4-5-15(10-12)6-8-17(9-7-15)13-2-1-3-14(16-13)21(19)20/h1-3,12,18H,4-11H2,(H,19,20)/p-1. The van der Waals surface area contributed by atoms with Gasteiger partial charge in [0.1, 0.15) is 10.8 Å². The van der Waals surface area contributed by atoms with Crippen molar-refractivity contribution in [2.24, 2.45) is 11.3 Å². The van der Waals surface area contributed by atoms with E-state index in [1.54, 1.807) is 6.07 Å². The van der Waals surface area contributed by atoms with Crippen molar-refractivity contribution >= 4 is 16.9 Å². The summed E-state index contributed by atoms with van der Waals surface area (Å²) < 4.78 is 22.0. The van der Waals surface area contributed by atoms with Crippen molar-refractivity contribution in [1.82, 2.24) is 4.98 Å². The smallest absolute Gasteiger partial charge is 0.129 e.